The summed E-state index contributed by atoms with van der Waals surface area (Å²) in [5, 5.41) is 11.8. The number of aryl methyl sites for hydroxylation is 1. The van der Waals surface area contributed by atoms with Crippen LogP contribution < -0.4 is 5.32 Å². The number of nitriles is 1. The number of anilines is 1. The van der Waals surface area contributed by atoms with Crippen LogP contribution in [0.5, 0.6) is 0 Å². The maximum absolute atomic E-state index is 13.7. The molecule has 2 amide bonds. The minimum atomic E-state index is -0.389. The SMILES string of the molecule is Cc1ccc(C(=O)N2CCN(C(C)C(=O)Nc3cccc(C#N)c3)CC2)cc1F. The van der Waals surface area contributed by atoms with Gasteiger partial charge in [-0.2, -0.15) is 5.26 Å². The van der Waals surface area contributed by atoms with E-state index in [1.165, 1.54) is 6.07 Å². The molecule has 1 heterocycles. The van der Waals surface area contributed by atoms with Gasteiger partial charge in [0.15, 0.2) is 0 Å². The number of nitrogens with one attached hydrogen (secondary N) is 1. The molecular formula is C22H23FN4O2. The second kappa shape index (κ2) is 8.84. The predicted molar refractivity (Wildman–Crippen MR) is 108 cm³/mol. The van der Waals surface area contributed by atoms with Gasteiger partial charge in [-0.25, -0.2) is 4.39 Å². The molecule has 0 saturated carbocycles. The first-order chi connectivity index (χ1) is 13.9. The minimum Gasteiger partial charge on any atom is -0.336 e. The zero-order valence-corrected chi connectivity index (χ0v) is 16.5. The van der Waals surface area contributed by atoms with Crippen LogP contribution in [0.15, 0.2) is 42.5 Å². The standard InChI is InChI=1S/C22H23FN4O2/c1-15-6-7-18(13-20(15)23)22(29)27-10-8-26(9-11-27)16(2)21(28)25-19-5-3-4-17(12-19)14-24/h3-7,12-13,16H,8-11H2,1-2H3,(H,25,28). The van der Waals surface area contributed by atoms with Gasteiger partial charge in [0.05, 0.1) is 17.7 Å². The molecule has 0 bridgehead atoms. The van der Waals surface area contributed by atoms with E-state index >= 15 is 0 Å². The molecule has 1 saturated heterocycles. The molecule has 0 spiro atoms. The highest BCUT2D eigenvalue weighted by Gasteiger charge is 2.28. The number of carbonyl (C=O) groups excluding carboxylic acids is 2. The van der Waals surface area contributed by atoms with Crippen LogP contribution in [0.4, 0.5) is 10.1 Å². The van der Waals surface area contributed by atoms with E-state index in [0.717, 1.165) is 0 Å². The van der Waals surface area contributed by atoms with E-state index in [1.807, 2.05) is 17.9 Å². The molecule has 1 aliphatic rings. The molecule has 1 aliphatic heterocycles. The van der Waals surface area contributed by atoms with Gasteiger partial charge < -0.3 is 10.2 Å². The summed E-state index contributed by atoms with van der Waals surface area (Å²) in [4.78, 5) is 28.9. The molecular weight excluding hydrogens is 371 g/mol. The Hall–Kier alpha value is -3.24. The number of amides is 2. The number of halogens is 1. The lowest BCUT2D eigenvalue weighted by Gasteiger charge is -2.37. The van der Waals surface area contributed by atoms with Gasteiger partial charge in [0.1, 0.15) is 5.82 Å². The second-order valence-electron chi connectivity index (χ2n) is 7.15. The van der Waals surface area contributed by atoms with Crippen molar-refractivity contribution in [2.75, 3.05) is 31.5 Å². The van der Waals surface area contributed by atoms with Crippen LogP contribution in [-0.4, -0.2) is 53.8 Å². The van der Waals surface area contributed by atoms with Gasteiger partial charge in [-0.3, -0.25) is 14.5 Å². The molecule has 1 fully saturated rings. The Balaban J connectivity index is 1.56. The fraction of sp³-hybridized carbons (Fsp3) is 0.318. The number of hydrogen-bond acceptors (Lipinski definition) is 4. The van der Waals surface area contributed by atoms with Gasteiger partial charge in [0, 0.05) is 37.4 Å². The van der Waals surface area contributed by atoms with Crippen molar-refractivity contribution in [2.45, 2.75) is 19.9 Å². The van der Waals surface area contributed by atoms with Crippen LogP contribution in [0.1, 0.15) is 28.4 Å². The van der Waals surface area contributed by atoms with Gasteiger partial charge >= 0.3 is 0 Å². The summed E-state index contributed by atoms with van der Waals surface area (Å²) >= 11 is 0. The third-order valence-corrected chi connectivity index (χ3v) is 5.21. The zero-order chi connectivity index (χ0) is 21.0. The van der Waals surface area contributed by atoms with Crippen molar-refractivity contribution >= 4 is 17.5 Å². The maximum atomic E-state index is 13.7. The largest absolute Gasteiger partial charge is 0.336 e. The van der Waals surface area contributed by atoms with Gasteiger partial charge in [0.2, 0.25) is 5.91 Å². The molecule has 7 heteroatoms. The van der Waals surface area contributed by atoms with E-state index < -0.39 is 0 Å². The van der Waals surface area contributed by atoms with Crippen molar-refractivity contribution < 1.29 is 14.0 Å². The van der Waals surface area contributed by atoms with E-state index in [-0.39, 0.29) is 23.7 Å². The van der Waals surface area contributed by atoms with Crippen LogP contribution in [0.3, 0.4) is 0 Å². The Morgan fingerprint density at radius 1 is 1.14 bits per heavy atom. The quantitative estimate of drug-likeness (QED) is 0.865. The summed E-state index contributed by atoms with van der Waals surface area (Å²) in [7, 11) is 0. The fourth-order valence-corrected chi connectivity index (χ4v) is 3.30. The fourth-order valence-electron chi connectivity index (χ4n) is 3.30. The Bertz CT molecular complexity index is 962. The van der Waals surface area contributed by atoms with Gasteiger partial charge in [-0.05, 0) is 49.7 Å². The molecule has 3 rings (SSSR count). The number of piperazine rings is 1. The molecule has 2 aromatic rings. The van der Waals surface area contributed by atoms with Crippen molar-refractivity contribution in [3.05, 3.63) is 65.0 Å². The summed E-state index contributed by atoms with van der Waals surface area (Å²) in [5.41, 5.74) is 1.91. The van der Waals surface area contributed by atoms with Gasteiger partial charge in [-0.15, -0.1) is 0 Å². The van der Waals surface area contributed by atoms with E-state index in [1.54, 1.807) is 48.2 Å². The Kier molecular flexibility index (Phi) is 6.25. The highest BCUT2D eigenvalue weighted by molar-refractivity contribution is 5.95. The predicted octanol–water partition coefficient (Wildman–Crippen LogP) is 2.79. The van der Waals surface area contributed by atoms with Crippen LogP contribution in [0.25, 0.3) is 0 Å². The van der Waals surface area contributed by atoms with Crippen LogP contribution >= 0.6 is 0 Å². The molecule has 150 valence electrons. The molecule has 1 atom stereocenters. The molecule has 29 heavy (non-hydrogen) atoms. The number of carbonyl (C=O) groups is 2. The minimum absolute atomic E-state index is 0.166. The topological polar surface area (TPSA) is 76.4 Å². The number of rotatable bonds is 4. The van der Waals surface area contributed by atoms with Crippen LogP contribution in [-0.2, 0) is 4.79 Å². The summed E-state index contributed by atoms with van der Waals surface area (Å²) in [6.07, 6.45) is 0. The van der Waals surface area contributed by atoms with Crippen LogP contribution in [0, 0.1) is 24.1 Å². The Morgan fingerprint density at radius 2 is 1.86 bits per heavy atom. The number of nitrogens with zero attached hydrogens (tertiary/aromatic N) is 3. The first-order valence-electron chi connectivity index (χ1n) is 9.49. The molecule has 0 aromatic heterocycles. The summed E-state index contributed by atoms with van der Waals surface area (Å²) in [5.74, 6) is -0.755. The van der Waals surface area contributed by atoms with Crippen molar-refractivity contribution in [1.82, 2.24) is 9.80 Å². The Labute approximate surface area is 169 Å². The average molecular weight is 394 g/mol. The highest BCUT2D eigenvalue weighted by atomic mass is 19.1. The van der Waals surface area contributed by atoms with Crippen molar-refractivity contribution in [3.63, 3.8) is 0 Å². The molecule has 0 aliphatic carbocycles. The van der Waals surface area contributed by atoms with Crippen LogP contribution in [0.2, 0.25) is 0 Å². The monoisotopic (exact) mass is 394 g/mol. The van der Waals surface area contributed by atoms with Gasteiger partial charge in [-0.1, -0.05) is 12.1 Å². The Morgan fingerprint density at radius 3 is 2.52 bits per heavy atom. The number of hydrogen-bond donors (Lipinski definition) is 1. The van der Waals surface area contributed by atoms with E-state index in [4.69, 9.17) is 5.26 Å². The second-order valence-corrected chi connectivity index (χ2v) is 7.15. The summed E-state index contributed by atoms with van der Waals surface area (Å²) in [6, 6.07) is 12.9. The first-order valence-corrected chi connectivity index (χ1v) is 9.49. The average Bonchev–Trinajstić information content (AvgIpc) is 2.74. The number of benzene rings is 2. The molecule has 0 radical (unpaired) electrons. The lowest BCUT2D eigenvalue weighted by Crippen LogP contribution is -2.54. The van der Waals surface area contributed by atoms with Crippen molar-refractivity contribution in [1.29, 1.82) is 5.26 Å². The third kappa shape index (κ3) is 4.79. The van der Waals surface area contributed by atoms with E-state index in [9.17, 15) is 14.0 Å². The highest BCUT2D eigenvalue weighted by Crippen LogP contribution is 2.16. The summed E-state index contributed by atoms with van der Waals surface area (Å²) < 4.78 is 13.7. The normalized spacial score (nSPS) is 15.4. The molecule has 6 nitrogen and oxygen atoms in total. The molecule has 2 aromatic carbocycles. The van der Waals surface area contributed by atoms with Crippen molar-refractivity contribution in [2.24, 2.45) is 0 Å². The van der Waals surface area contributed by atoms with E-state index in [2.05, 4.69) is 5.32 Å². The third-order valence-electron chi connectivity index (χ3n) is 5.21. The smallest absolute Gasteiger partial charge is 0.254 e. The lowest BCUT2D eigenvalue weighted by molar-refractivity contribution is -0.121. The maximum Gasteiger partial charge on any atom is 0.254 e. The molecule has 1 N–H and O–H groups in total. The van der Waals surface area contributed by atoms with Gasteiger partial charge in [0.25, 0.3) is 5.91 Å². The van der Waals surface area contributed by atoms with Crippen molar-refractivity contribution in [3.8, 4) is 6.07 Å². The first kappa shape index (κ1) is 20.5. The molecule has 1 unspecified atom stereocenters. The zero-order valence-electron chi connectivity index (χ0n) is 16.5. The lowest BCUT2D eigenvalue weighted by atomic mass is 10.1. The summed E-state index contributed by atoms with van der Waals surface area (Å²) in [6.45, 7) is 5.51. The van der Waals surface area contributed by atoms with E-state index in [0.29, 0.717) is 48.6 Å².